The van der Waals surface area contributed by atoms with Crippen LogP contribution in [0.25, 0.3) is 0 Å². The number of rotatable bonds is 9. The molecule has 0 bridgehead atoms. The van der Waals surface area contributed by atoms with E-state index in [4.69, 9.17) is 4.98 Å². The van der Waals surface area contributed by atoms with Crippen molar-refractivity contribution in [1.82, 2.24) is 4.98 Å². The summed E-state index contributed by atoms with van der Waals surface area (Å²) in [4.78, 5) is 4.80. The Morgan fingerprint density at radius 1 is 0.895 bits per heavy atom. The van der Waals surface area contributed by atoms with Gasteiger partial charge in [-0.05, 0) is 0 Å². The van der Waals surface area contributed by atoms with Crippen molar-refractivity contribution in [2.45, 2.75) is 78.6 Å². The van der Waals surface area contributed by atoms with Gasteiger partial charge in [0, 0.05) is 0 Å². The molecule has 1 nitrogen and oxygen atoms in total. The van der Waals surface area contributed by atoms with Crippen molar-refractivity contribution >= 4 is 26.1 Å². The van der Waals surface area contributed by atoms with E-state index in [1.54, 1.807) is 31.7 Å². The summed E-state index contributed by atoms with van der Waals surface area (Å²) >= 11 is 1.58. The molecule has 3 radical (unpaired) electrons. The maximum atomic E-state index is 4.80. The van der Waals surface area contributed by atoms with Crippen molar-refractivity contribution in [2.75, 3.05) is 0 Å². The van der Waals surface area contributed by atoms with Crippen LogP contribution in [0, 0.1) is 0 Å². The van der Waals surface area contributed by atoms with Gasteiger partial charge in [-0.15, -0.1) is 0 Å². The Kier molecular flexibility index (Phi) is 8.76. The van der Waals surface area contributed by atoms with E-state index < -0.39 is 0 Å². The first kappa shape index (κ1) is 17.0. The predicted octanol–water partition coefficient (Wildman–Crippen LogP) is 3.90. The molecule has 19 heavy (non-hydrogen) atoms. The Morgan fingerprint density at radius 2 is 1.47 bits per heavy atom. The van der Waals surface area contributed by atoms with Gasteiger partial charge < -0.3 is 0 Å². The van der Waals surface area contributed by atoms with Crippen LogP contribution in [-0.4, -0.2) is 27.5 Å². The van der Waals surface area contributed by atoms with Crippen LogP contribution in [0.4, 0.5) is 0 Å². The summed E-state index contributed by atoms with van der Waals surface area (Å²) in [6.45, 7) is 6.81. The van der Waals surface area contributed by atoms with E-state index in [1.165, 1.54) is 69.0 Å². The Hall–Kier alpha value is -0.0513. The zero-order valence-electron chi connectivity index (χ0n) is 12.9. The standard InChI is InChI=1S/C17H28N.Sn/c1-4-7-10-15-13-16(11-8-5-2)17(18-14-15)12-9-6-3;/h14H,4-12H2,1-3H3;. The number of unbranched alkanes of at least 4 members (excludes halogenated alkanes) is 3. The summed E-state index contributed by atoms with van der Waals surface area (Å²) in [6.07, 6.45) is 13.5. The molecule has 0 N–H and O–H groups in total. The van der Waals surface area contributed by atoms with Crippen LogP contribution < -0.4 is 3.58 Å². The van der Waals surface area contributed by atoms with Crippen molar-refractivity contribution in [2.24, 2.45) is 0 Å². The second-order valence-electron chi connectivity index (χ2n) is 5.39. The molecule has 0 aromatic carbocycles. The Morgan fingerprint density at radius 3 is 2.11 bits per heavy atom. The first-order valence-electron chi connectivity index (χ1n) is 7.95. The zero-order chi connectivity index (χ0) is 14.1. The molecule has 0 atom stereocenters. The van der Waals surface area contributed by atoms with E-state index in [1.807, 2.05) is 0 Å². The molecule has 1 heterocycles. The summed E-state index contributed by atoms with van der Waals surface area (Å²) in [5.41, 5.74) is 4.51. The third-order valence-electron chi connectivity index (χ3n) is 3.69. The fraction of sp³-hybridized carbons (Fsp3) is 0.706. The summed E-state index contributed by atoms with van der Waals surface area (Å²) in [5, 5.41) is 0. The summed E-state index contributed by atoms with van der Waals surface area (Å²) in [7, 11) is 0. The fourth-order valence-corrected chi connectivity index (χ4v) is 3.69. The molecule has 0 amide bonds. The van der Waals surface area contributed by atoms with Gasteiger partial charge in [0.2, 0.25) is 0 Å². The van der Waals surface area contributed by atoms with Crippen LogP contribution in [0.5, 0.6) is 0 Å². The van der Waals surface area contributed by atoms with Gasteiger partial charge in [-0.1, -0.05) is 0 Å². The average molecular weight is 365 g/mol. The van der Waals surface area contributed by atoms with Gasteiger partial charge in [-0.25, -0.2) is 0 Å². The monoisotopic (exact) mass is 366 g/mol. The van der Waals surface area contributed by atoms with Crippen molar-refractivity contribution in [3.05, 3.63) is 23.0 Å². The molecule has 0 unspecified atom stereocenters. The van der Waals surface area contributed by atoms with Crippen LogP contribution in [0.15, 0.2) is 6.20 Å². The number of hydrogen-bond acceptors (Lipinski definition) is 1. The molecule has 0 aliphatic carbocycles. The van der Waals surface area contributed by atoms with E-state index in [9.17, 15) is 0 Å². The minimum absolute atomic E-state index is 1.17. The second kappa shape index (κ2) is 9.79. The Balaban J connectivity index is 2.94. The van der Waals surface area contributed by atoms with Crippen molar-refractivity contribution < 1.29 is 0 Å². The quantitative estimate of drug-likeness (QED) is 0.605. The number of aromatic nitrogens is 1. The topological polar surface area (TPSA) is 12.9 Å². The molecule has 1 aromatic rings. The first-order valence-corrected chi connectivity index (χ1v) is 9.38. The van der Waals surface area contributed by atoms with Crippen LogP contribution in [0.3, 0.4) is 0 Å². The van der Waals surface area contributed by atoms with Crippen molar-refractivity contribution in [3.8, 4) is 0 Å². The molecular formula is C17H28NSn. The van der Waals surface area contributed by atoms with Gasteiger partial charge in [0.05, 0.1) is 0 Å². The van der Waals surface area contributed by atoms with E-state index in [0.29, 0.717) is 0 Å². The molecule has 2 heteroatoms. The van der Waals surface area contributed by atoms with Gasteiger partial charge >= 0.3 is 133 Å². The number of nitrogens with zero attached hydrogens (tertiary/aromatic N) is 1. The van der Waals surface area contributed by atoms with Crippen molar-refractivity contribution in [1.29, 1.82) is 0 Å². The predicted molar refractivity (Wildman–Crippen MR) is 85.5 cm³/mol. The summed E-state index contributed by atoms with van der Waals surface area (Å²) in [5.74, 6) is 0. The molecular weight excluding hydrogens is 337 g/mol. The molecule has 0 spiro atoms. The van der Waals surface area contributed by atoms with E-state index in [0.717, 1.165) is 0 Å². The summed E-state index contributed by atoms with van der Waals surface area (Å²) < 4.78 is 1.62. The van der Waals surface area contributed by atoms with Crippen LogP contribution in [0.2, 0.25) is 0 Å². The molecule has 1 aromatic heterocycles. The van der Waals surface area contributed by atoms with Gasteiger partial charge in [0.15, 0.2) is 0 Å². The van der Waals surface area contributed by atoms with E-state index in [2.05, 4.69) is 27.0 Å². The first-order chi connectivity index (χ1) is 9.24. The fourth-order valence-electron chi connectivity index (χ4n) is 2.38. The normalized spacial score (nSPS) is 10.9. The molecule has 0 fully saturated rings. The van der Waals surface area contributed by atoms with Gasteiger partial charge in [0.25, 0.3) is 0 Å². The number of pyridine rings is 1. The minimum atomic E-state index is 1.17. The Labute approximate surface area is 132 Å². The molecule has 0 aliphatic rings. The molecule has 1 rings (SSSR count). The maximum absolute atomic E-state index is 4.80. The molecule has 105 valence electrons. The molecule has 0 saturated carbocycles. The van der Waals surface area contributed by atoms with Crippen LogP contribution >= 0.6 is 0 Å². The zero-order valence-corrected chi connectivity index (χ0v) is 15.7. The summed E-state index contributed by atoms with van der Waals surface area (Å²) in [6, 6.07) is 0. The van der Waals surface area contributed by atoms with Gasteiger partial charge in [-0.3, -0.25) is 0 Å². The van der Waals surface area contributed by atoms with E-state index >= 15 is 0 Å². The number of aryl methyl sites for hydroxylation is 2. The SMILES string of the molecule is CCCCc1cnc(CCCC)c(CCCC)[c]1[Sn]. The van der Waals surface area contributed by atoms with Crippen molar-refractivity contribution in [3.63, 3.8) is 0 Å². The second-order valence-corrected chi connectivity index (χ2v) is 6.82. The third-order valence-corrected chi connectivity index (χ3v) is 5.47. The molecule has 0 saturated heterocycles. The number of hydrogen-bond donors (Lipinski definition) is 0. The molecule has 0 aliphatic heterocycles. The van der Waals surface area contributed by atoms with E-state index in [-0.39, 0.29) is 0 Å². The van der Waals surface area contributed by atoms with Crippen LogP contribution in [-0.2, 0) is 19.3 Å². The van der Waals surface area contributed by atoms with Gasteiger partial charge in [-0.2, -0.15) is 0 Å². The average Bonchev–Trinajstić information content (AvgIpc) is 2.43. The third kappa shape index (κ3) is 5.45. The Bertz CT molecular complexity index is 374. The van der Waals surface area contributed by atoms with Gasteiger partial charge in [0.1, 0.15) is 0 Å². The van der Waals surface area contributed by atoms with Crippen LogP contribution in [0.1, 0.15) is 76.1 Å².